The van der Waals surface area contributed by atoms with Crippen LogP contribution in [0.4, 0.5) is 11.4 Å². The molecule has 0 aromatic heterocycles. The maximum Gasteiger partial charge on any atom is 0.0340 e. The van der Waals surface area contributed by atoms with Gasteiger partial charge in [0.15, 0.2) is 0 Å². The zero-order valence-electron chi connectivity index (χ0n) is 13.9. The molecule has 2 N–H and O–H groups in total. The van der Waals surface area contributed by atoms with Gasteiger partial charge in [0.25, 0.3) is 0 Å². The topological polar surface area (TPSA) is 24.1 Å². The van der Waals surface area contributed by atoms with Crippen molar-refractivity contribution in [2.75, 3.05) is 24.7 Å². The Hall–Kier alpha value is -2.26. The van der Waals surface area contributed by atoms with Crippen molar-refractivity contribution in [3.05, 3.63) is 94.0 Å². The van der Waals surface area contributed by atoms with Crippen LogP contribution in [0.25, 0.3) is 0 Å². The molecule has 3 aromatic carbocycles. The minimum atomic E-state index is 0.208. The van der Waals surface area contributed by atoms with Gasteiger partial charge in [0.1, 0.15) is 0 Å². The highest BCUT2D eigenvalue weighted by Crippen LogP contribution is 2.34. The average molecular weight is 381 g/mol. The average Bonchev–Trinajstić information content (AvgIpc) is 2.63. The van der Waals surface area contributed by atoms with Crippen LogP contribution in [0, 0.1) is 0 Å². The SMILES string of the molecule is CNc1ccc(C(c2ccc(NC)cc2)c2cccc(Br)c2)cc1. The standard InChI is InChI=1S/C21H21BrN2/c1-23-19-10-6-15(7-11-19)21(17-4-3-5-18(22)14-17)16-8-12-20(24-2)13-9-16/h3-14,21,23-24H,1-2H3. The molecule has 3 rings (SSSR count). The Kier molecular flexibility index (Phi) is 5.21. The van der Waals surface area contributed by atoms with Crippen LogP contribution in [0.3, 0.4) is 0 Å². The van der Waals surface area contributed by atoms with Gasteiger partial charge in [-0.3, -0.25) is 0 Å². The molecule has 3 heteroatoms. The Morgan fingerprint density at radius 2 is 1.17 bits per heavy atom. The fourth-order valence-corrected chi connectivity index (χ4v) is 3.36. The van der Waals surface area contributed by atoms with Crippen molar-refractivity contribution in [3.63, 3.8) is 0 Å². The second-order valence-electron chi connectivity index (χ2n) is 5.73. The molecule has 0 unspecified atom stereocenters. The Balaban J connectivity index is 2.08. The molecule has 0 aliphatic rings. The molecular weight excluding hydrogens is 360 g/mol. The lowest BCUT2D eigenvalue weighted by atomic mass is 9.85. The smallest absolute Gasteiger partial charge is 0.0340 e. The molecule has 0 aliphatic heterocycles. The van der Waals surface area contributed by atoms with E-state index < -0.39 is 0 Å². The van der Waals surface area contributed by atoms with Crippen LogP contribution in [0.1, 0.15) is 22.6 Å². The maximum atomic E-state index is 3.60. The molecule has 0 amide bonds. The molecule has 0 fully saturated rings. The molecule has 2 nitrogen and oxygen atoms in total. The maximum absolute atomic E-state index is 3.60. The number of hydrogen-bond donors (Lipinski definition) is 2. The van der Waals surface area contributed by atoms with E-state index in [1.54, 1.807) is 0 Å². The number of hydrogen-bond acceptors (Lipinski definition) is 2. The zero-order chi connectivity index (χ0) is 16.9. The zero-order valence-corrected chi connectivity index (χ0v) is 15.5. The monoisotopic (exact) mass is 380 g/mol. The quantitative estimate of drug-likeness (QED) is 0.553. The van der Waals surface area contributed by atoms with Gasteiger partial charge in [0.2, 0.25) is 0 Å². The summed E-state index contributed by atoms with van der Waals surface area (Å²) in [6.45, 7) is 0. The number of halogens is 1. The summed E-state index contributed by atoms with van der Waals surface area (Å²) in [6.07, 6.45) is 0. The summed E-state index contributed by atoms with van der Waals surface area (Å²) in [5.74, 6) is 0.208. The highest BCUT2D eigenvalue weighted by Gasteiger charge is 2.17. The van der Waals surface area contributed by atoms with E-state index in [9.17, 15) is 0 Å². The summed E-state index contributed by atoms with van der Waals surface area (Å²) in [5, 5.41) is 6.36. The predicted molar refractivity (Wildman–Crippen MR) is 107 cm³/mol. The molecule has 122 valence electrons. The molecule has 0 radical (unpaired) electrons. The van der Waals surface area contributed by atoms with Gasteiger partial charge in [-0.2, -0.15) is 0 Å². The number of benzene rings is 3. The van der Waals surface area contributed by atoms with Crippen molar-refractivity contribution in [2.45, 2.75) is 5.92 Å². The van der Waals surface area contributed by atoms with Gasteiger partial charge < -0.3 is 10.6 Å². The van der Waals surface area contributed by atoms with Gasteiger partial charge >= 0.3 is 0 Å². The number of anilines is 2. The first kappa shape index (κ1) is 16.6. The molecule has 3 aromatic rings. The van der Waals surface area contributed by atoms with Gasteiger partial charge in [-0.15, -0.1) is 0 Å². The van der Waals surface area contributed by atoms with E-state index >= 15 is 0 Å². The fourth-order valence-electron chi connectivity index (χ4n) is 2.95. The molecule has 0 atom stereocenters. The van der Waals surface area contributed by atoms with Gasteiger partial charge in [-0.1, -0.05) is 52.3 Å². The molecule has 0 heterocycles. The molecule has 0 spiro atoms. The number of nitrogens with one attached hydrogen (secondary N) is 2. The van der Waals surface area contributed by atoms with Crippen LogP contribution < -0.4 is 10.6 Å². The van der Waals surface area contributed by atoms with E-state index in [0.29, 0.717) is 0 Å². The molecule has 0 aliphatic carbocycles. The van der Waals surface area contributed by atoms with Gasteiger partial charge in [-0.25, -0.2) is 0 Å². The highest BCUT2D eigenvalue weighted by molar-refractivity contribution is 9.10. The van der Waals surface area contributed by atoms with Crippen LogP contribution in [0.15, 0.2) is 77.3 Å². The molecule has 0 bridgehead atoms. The minimum Gasteiger partial charge on any atom is -0.388 e. The second kappa shape index (κ2) is 7.54. The number of rotatable bonds is 5. The third kappa shape index (κ3) is 3.62. The molecule has 0 saturated carbocycles. The van der Waals surface area contributed by atoms with Gasteiger partial charge in [0, 0.05) is 35.9 Å². The Morgan fingerprint density at radius 1 is 0.667 bits per heavy atom. The fraction of sp³-hybridized carbons (Fsp3) is 0.143. The molecule has 0 saturated heterocycles. The van der Waals surface area contributed by atoms with E-state index in [2.05, 4.69) is 99.4 Å². The second-order valence-corrected chi connectivity index (χ2v) is 6.65. The lowest BCUT2D eigenvalue weighted by Gasteiger charge is -2.20. The highest BCUT2D eigenvalue weighted by atomic mass is 79.9. The molecular formula is C21H21BrN2. The summed E-state index contributed by atoms with van der Waals surface area (Å²) in [7, 11) is 3.88. The first-order valence-electron chi connectivity index (χ1n) is 8.02. The Labute approximate surface area is 152 Å². The van der Waals surface area contributed by atoms with Crippen molar-refractivity contribution < 1.29 is 0 Å². The summed E-state index contributed by atoms with van der Waals surface area (Å²) in [4.78, 5) is 0. The normalized spacial score (nSPS) is 10.7. The van der Waals surface area contributed by atoms with E-state index in [4.69, 9.17) is 0 Å². The predicted octanol–water partition coefficient (Wildman–Crippen LogP) is 5.71. The van der Waals surface area contributed by atoms with E-state index in [-0.39, 0.29) is 5.92 Å². The van der Waals surface area contributed by atoms with Crippen molar-refractivity contribution in [3.8, 4) is 0 Å². The third-order valence-corrected chi connectivity index (χ3v) is 4.74. The summed E-state index contributed by atoms with van der Waals surface area (Å²) in [5.41, 5.74) is 6.09. The molecule has 24 heavy (non-hydrogen) atoms. The Bertz CT molecular complexity index is 747. The summed E-state index contributed by atoms with van der Waals surface area (Å²) >= 11 is 3.60. The van der Waals surface area contributed by atoms with Crippen LogP contribution >= 0.6 is 15.9 Å². The third-order valence-electron chi connectivity index (χ3n) is 4.25. The largest absolute Gasteiger partial charge is 0.388 e. The van der Waals surface area contributed by atoms with Crippen molar-refractivity contribution >= 4 is 27.3 Å². The van der Waals surface area contributed by atoms with Crippen LogP contribution in [-0.4, -0.2) is 14.1 Å². The minimum absolute atomic E-state index is 0.208. The van der Waals surface area contributed by atoms with Crippen molar-refractivity contribution in [1.82, 2.24) is 0 Å². The summed E-state index contributed by atoms with van der Waals surface area (Å²) < 4.78 is 1.10. The van der Waals surface area contributed by atoms with Crippen LogP contribution in [0.2, 0.25) is 0 Å². The van der Waals surface area contributed by atoms with Crippen LogP contribution in [-0.2, 0) is 0 Å². The summed E-state index contributed by atoms with van der Waals surface area (Å²) in [6, 6.07) is 25.8. The van der Waals surface area contributed by atoms with Crippen molar-refractivity contribution in [2.24, 2.45) is 0 Å². The van der Waals surface area contributed by atoms with Crippen LogP contribution in [0.5, 0.6) is 0 Å². The van der Waals surface area contributed by atoms with Crippen molar-refractivity contribution in [1.29, 1.82) is 0 Å². The first-order valence-corrected chi connectivity index (χ1v) is 8.81. The lowest BCUT2D eigenvalue weighted by Crippen LogP contribution is -2.04. The lowest BCUT2D eigenvalue weighted by molar-refractivity contribution is 0.976. The van der Waals surface area contributed by atoms with E-state index in [1.165, 1.54) is 16.7 Å². The van der Waals surface area contributed by atoms with Gasteiger partial charge in [-0.05, 0) is 53.1 Å². The first-order chi connectivity index (χ1) is 11.7. The van der Waals surface area contributed by atoms with E-state index in [1.807, 2.05) is 14.1 Å². The Morgan fingerprint density at radius 3 is 1.58 bits per heavy atom. The van der Waals surface area contributed by atoms with Gasteiger partial charge in [0.05, 0.1) is 0 Å². The van der Waals surface area contributed by atoms with E-state index in [0.717, 1.165) is 15.8 Å².